The fourth-order valence-corrected chi connectivity index (χ4v) is 2.06. The first kappa shape index (κ1) is 23.0. The lowest BCUT2D eigenvalue weighted by Crippen LogP contribution is -2.47. The molecule has 10 nitrogen and oxygen atoms in total. The summed E-state index contributed by atoms with van der Waals surface area (Å²) >= 11 is 0. The highest BCUT2D eigenvalue weighted by molar-refractivity contribution is 5.95. The highest BCUT2D eigenvalue weighted by Crippen LogP contribution is 2.28. The second-order valence-corrected chi connectivity index (χ2v) is 5.96. The van der Waals surface area contributed by atoms with Crippen molar-refractivity contribution in [3.05, 3.63) is 23.8 Å². The molecule has 0 heterocycles. The first-order valence-corrected chi connectivity index (χ1v) is 8.81. The molecule has 1 aromatic rings. The van der Waals surface area contributed by atoms with Gasteiger partial charge in [-0.15, -0.1) is 0 Å². The van der Waals surface area contributed by atoms with E-state index in [9.17, 15) is 14.4 Å². The Balaban J connectivity index is 2.41. The van der Waals surface area contributed by atoms with E-state index in [1.807, 2.05) is 13.8 Å². The number of methoxy groups -OCH3 is 2. The van der Waals surface area contributed by atoms with Crippen molar-refractivity contribution in [3.8, 4) is 11.5 Å². The molecule has 28 heavy (non-hydrogen) atoms. The van der Waals surface area contributed by atoms with Crippen LogP contribution in [0, 0.1) is 0 Å². The number of hydrazine groups is 1. The minimum absolute atomic E-state index is 0.0407. The minimum Gasteiger partial charge on any atom is -0.493 e. The SMILES string of the molecule is COCCNC(=O)CCNC(=O)NNC(=O)c1ccc(OC(C)C)c(OC)c1. The topological polar surface area (TPSA) is 127 Å². The molecule has 1 aromatic carbocycles. The molecule has 0 aliphatic heterocycles. The number of nitrogens with one attached hydrogen (secondary N) is 4. The zero-order chi connectivity index (χ0) is 20.9. The van der Waals surface area contributed by atoms with Gasteiger partial charge in [0.25, 0.3) is 5.91 Å². The Morgan fingerprint density at radius 2 is 1.75 bits per heavy atom. The van der Waals surface area contributed by atoms with Crippen LogP contribution in [0.4, 0.5) is 4.79 Å². The van der Waals surface area contributed by atoms with E-state index >= 15 is 0 Å². The molecule has 0 saturated heterocycles. The van der Waals surface area contributed by atoms with Gasteiger partial charge in [-0.05, 0) is 32.0 Å². The van der Waals surface area contributed by atoms with Crippen molar-refractivity contribution in [2.45, 2.75) is 26.4 Å². The average molecular weight is 396 g/mol. The van der Waals surface area contributed by atoms with Crippen LogP contribution in [0.1, 0.15) is 30.6 Å². The van der Waals surface area contributed by atoms with Crippen LogP contribution >= 0.6 is 0 Å². The number of urea groups is 1. The number of amides is 4. The van der Waals surface area contributed by atoms with Gasteiger partial charge in [0.15, 0.2) is 11.5 Å². The first-order chi connectivity index (χ1) is 13.4. The molecule has 156 valence electrons. The summed E-state index contributed by atoms with van der Waals surface area (Å²) in [6, 6.07) is 4.05. The van der Waals surface area contributed by atoms with Crippen molar-refractivity contribution < 1.29 is 28.6 Å². The van der Waals surface area contributed by atoms with Gasteiger partial charge >= 0.3 is 6.03 Å². The third-order valence-electron chi connectivity index (χ3n) is 3.34. The second-order valence-electron chi connectivity index (χ2n) is 5.96. The lowest BCUT2D eigenvalue weighted by Gasteiger charge is -2.14. The van der Waals surface area contributed by atoms with Gasteiger partial charge in [-0.25, -0.2) is 10.2 Å². The predicted molar refractivity (Wildman–Crippen MR) is 102 cm³/mol. The molecule has 1 rings (SSSR count). The number of carbonyl (C=O) groups is 3. The molecule has 10 heteroatoms. The zero-order valence-electron chi connectivity index (χ0n) is 16.6. The van der Waals surface area contributed by atoms with Crippen LogP contribution in [0.5, 0.6) is 11.5 Å². The summed E-state index contributed by atoms with van der Waals surface area (Å²) in [5.74, 6) is 0.188. The number of benzene rings is 1. The van der Waals surface area contributed by atoms with Crippen molar-refractivity contribution >= 4 is 17.8 Å². The monoisotopic (exact) mass is 396 g/mol. The van der Waals surface area contributed by atoms with E-state index in [4.69, 9.17) is 14.2 Å². The maximum absolute atomic E-state index is 12.2. The Morgan fingerprint density at radius 1 is 1.00 bits per heavy atom. The number of ether oxygens (including phenoxy) is 3. The van der Waals surface area contributed by atoms with Crippen LogP contribution in [0.25, 0.3) is 0 Å². The Hall–Kier alpha value is -3.01. The Kier molecular flexibility index (Phi) is 10.2. The molecule has 0 aliphatic carbocycles. The maximum Gasteiger partial charge on any atom is 0.333 e. The third-order valence-corrected chi connectivity index (χ3v) is 3.34. The third kappa shape index (κ3) is 8.58. The summed E-state index contributed by atoms with van der Waals surface area (Å²) in [4.78, 5) is 35.3. The number of rotatable bonds is 10. The molecule has 0 aromatic heterocycles. The Morgan fingerprint density at radius 3 is 2.39 bits per heavy atom. The fourth-order valence-electron chi connectivity index (χ4n) is 2.06. The number of hydrogen-bond donors (Lipinski definition) is 4. The molecule has 0 unspecified atom stereocenters. The molecule has 0 radical (unpaired) electrons. The van der Waals surface area contributed by atoms with Gasteiger partial charge in [-0.2, -0.15) is 0 Å². The molecule has 0 aliphatic rings. The van der Waals surface area contributed by atoms with Gasteiger partial charge in [-0.3, -0.25) is 15.0 Å². The summed E-state index contributed by atoms with van der Waals surface area (Å²) in [6.45, 7) is 4.70. The number of carbonyl (C=O) groups excluding carboxylic acids is 3. The van der Waals surface area contributed by atoms with E-state index in [1.54, 1.807) is 12.1 Å². The quantitative estimate of drug-likeness (QED) is 0.338. The highest BCUT2D eigenvalue weighted by Gasteiger charge is 2.13. The lowest BCUT2D eigenvalue weighted by molar-refractivity contribution is -0.121. The van der Waals surface area contributed by atoms with Gasteiger partial charge < -0.3 is 24.8 Å². The van der Waals surface area contributed by atoms with Gasteiger partial charge in [0.2, 0.25) is 5.91 Å². The first-order valence-electron chi connectivity index (χ1n) is 8.81. The highest BCUT2D eigenvalue weighted by atomic mass is 16.5. The van der Waals surface area contributed by atoms with Crippen molar-refractivity contribution in [3.63, 3.8) is 0 Å². The van der Waals surface area contributed by atoms with Gasteiger partial charge in [0.05, 0.1) is 19.8 Å². The predicted octanol–water partition coefficient (Wildman–Crippen LogP) is 0.579. The van der Waals surface area contributed by atoms with Gasteiger partial charge in [0, 0.05) is 32.2 Å². The van der Waals surface area contributed by atoms with E-state index < -0.39 is 11.9 Å². The summed E-state index contributed by atoms with van der Waals surface area (Å²) in [6.07, 6.45) is 0.0700. The molecule has 0 spiro atoms. The molecule has 0 fully saturated rings. The second kappa shape index (κ2) is 12.4. The molecular weight excluding hydrogens is 368 g/mol. The maximum atomic E-state index is 12.2. The van der Waals surface area contributed by atoms with E-state index in [-0.39, 0.29) is 30.5 Å². The lowest BCUT2D eigenvalue weighted by atomic mass is 10.2. The van der Waals surface area contributed by atoms with E-state index in [1.165, 1.54) is 20.3 Å². The molecule has 0 atom stereocenters. The molecule has 4 amide bonds. The normalized spacial score (nSPS) is 10.2. The molecule has 0 saturated carbocycles. The Labute approximate surface area is 164 Å². The van der Waals surface area contributed by atoms with Crippen LogP contribution in [-0.2, 0) is 9.53 Å². The summed E-state index contributed by atoms with van der Waals surface area (Å²) in [7, 11) is 3.01. The minimum atomic E-state index is -0.634. The van der Waals surface area contributed by atoms with Gasteiger partial charge in [-0.1, -0.05) is 0 Å². The summed E-state index contributed by atoms with van der Waals surface area (Å²) < 4.78 is 15.6. The molecular formula is C18H28N4O6. The van der Waals surface area contributed by atoms with Crippen LogP contribution in [0.2, 0.25) is 0 Å². The summed E-state index contributed by atoms with van der Waals surface area (Å²) in [5.41, 5.74) is 4.78. The number of hydrogen-bond acceptors (Lipinski definition) is 6. The molecule has 4 N–H and O–H groups in total. The summed E-state index contributed by atoms with van der Waals surface area (Å²) in [5, 5.41) is 5.09. The van der Waals surface area contributed by atoms with E-state index in [2.05, 4.69) is 21.5 Å². The zero-order valence-corrected chi connectivity index (χ0v) is 16.6. The smallest absolute Gasteiger partial charge is 0.333 e. The van der Waals surface area contributed by atoms with Crippen LogP contribution in [0.3, 0.4) is 0 Å². The van der Waals surface area contributed by atoms with Crippen LogP contribution < -0.4 is 31.0 Å². The van der Waals surface area contributed by atoms with Crippen molar-refractivity contribution in [1.29, 1.82) is 0 Å². The van der Waals surface area contributed by atoms with Crippen molar-refractivity contribution in [1.82, 2.24) is 21.5 Å². The van der Waals surface area contributed by atoms with Crippen LogP contribution in [-0.4, -0.2) is 57.9 Å². The van der Waals surface area contributed by atoms with Gasteiger partial charge in [0.1, 0.15) is 0 Å². The van der Waals surface area contributed by atoms with Crippen molar-refractivity contribution in [2.75, 3.05) is 33.9 Å². The average Bonchev–Trinajstić information content (AvgIpc) is 2.66. The fraction of sp³-hybridized carbons (Fsp3) is 0.500. The van der Waals surface area contributed by atoms with E-state index in [0.29, 0.717) is 24.7 Å². The Bertz CT molecular complexity index is 665. The standard InChI is InChI=1S/C18H28N4O6/c1-12(2)28-14-6-5-13(11-15(14)27-4)17(24)21-22-18(25)20-8-7-16(23)19-9-10-26-3/h5-6,11-12H,7-10H2,1-4H3,(H,19,23)(H,21,24)(H2,20,22,25). The van der Waals surface area contributed by atoms with E-state index in [0.717, 1.165) is 0 Å². The largest absolute Gasteiger partial charge is 0.493 e. The molecule has 0 bridgehead atoms. The van der Waals surface area contributed by atoms with Crippen LogP contribution in [0.15, 0.2) is 18.2 Å². The van der Waals surface area contributed by atoms with Crippen molar-refractivity contribution in [2.24, 2.45) is 0 Å².